The summed E-state index contributed by atoms with van der Waals surface area (Å²) in [6, 6.07) is 22.7. The highest BCUT2D eigenvalue weighted by molar-refractivity contribution is 5.99. The molecule has 30 heavy (non-hydrogen) atoms. The number of nitrogens with zero attached hydrogens (tertiary/aromatic N) is 1. The fourth-order valence-electron chi connectivity index (χ4n) is 3.16. The maximum atomic E-state index is 12.8. The number of likely N-dealkylation sites (N-methyl/N-ethyl adjacent to an activating group) is 1. The van der Waals surface area contributed by atoms with Gasteiger partial charge in [0.2, 0.25) is 5.91 Å². The molecule has 0 unspecified atom stereocenters. The minimum absolute atomic E-state index is 0.0400. The standard InChI is InChI=1S/C25H26N2O3/c1-18-9-7-10-19(2)24(18)26-23(28)16-27(3)25(29)21-13-8-14-22(15-21)30-17-20-11-5-4-6-12-20/h4-15H,16-17H2,1-3H3,(H,26,28). The van der Waals surface area contributed by atoms with Crippen LogP contribution in [0.4, 0.5) is 5.69 Å². The van der Waals surface area contributed by atoms with Crippen molar-refractivity contribution >= 4 is 17.5 Å². The molecule has 0 heterocycles. The van der Waals surface area contributed by atoms with E-state index in [9.17, 15) is 9.59 Å². The first-order chi connectivity index (χ1) is 14.4. The van der Waals surface area contributed by atoms with Gasteiger partial charge in [-0.3, -0.25) is 9.59 Å². The normalized spacial score (nSPS) is 10.4. The van der Waals surface area contributed by atoms with Crippen molar-refractivity contribution in [2.45, 2.75) is 20.5 Å². The number of carbonyl (C=O) groups excluding carboxylic acids is 2. The van der Waals surface area contributed by atoms with Gasteiger partial charge in [-0.05, 0) is 48.7 Å². The molecule has 3 rings (SSSR count). The topological polar surface area (TPSA) is 58.6 Å². The summed E-state index contributed by atoms with van der Waals surface area (Å²) in [5.74, 6) is 0.134. The SMILES string of the molecule is Cc1cccc(C)c1NC(=O)CN(C)C(=O)c1cccc(OCc2ccccc2)c1. The highest BCUT2D eigenvalue weighted by atomic mass is 16.5. The predicted octanol–water partition coefficient (Wildman–Crippen LogP) is 4.59. The Bertz CT molecular complexity index is 1010. The van der Waals surface area contributed by atoms with E-state index >= 15 is 0 Å². The lowest BCUT2D eigenvalue weighted by Crippen LogP contribution is -2.35. The minimum Gasteiger partial charge on any atom is -0.489 e. The molecule has 0 saturated heterocycles. The molecule has 0 saturated carbocycles. The maximum Gasteiger partial charge on any atom is 0.254 e. The van der Waals surface area contributed by atoms with Crippen LogP contribution in [0.25, 0.3) is 0 Å². The van der Waals surface area contributed by atoms with Gasteiger partial charge in [-0.15, -0.1) is 0 Å². The van der Waals surface area contributed by atoms with E-state index in [-0.39, 0.29) is 18.4 Å². The van der Waals surface area contributed by atoms with Crippen molar-refractivity contribution in [1.82, 2.24) is 4.90 Å². The monoisotopic (exact) mass is 402 g/mol. The lowest BCUT2D eigenvalue weighted by molar-refractivity contribution is -0.116. The molecule has 154 valence electrons. The van der Waals surface area contributed by atoms with Crippen molar-refractivity contribution in [1.29, 1.82) is 0 Å². The summed E-state index contributed by atoms with van der Waals surface area (Å²) in [5.41, 5.74) is 4.29. The first-order valence-corrected chi connectivity index (χ1v) is 9.82. The van der Waals surface area contributed by atoms with Gasteiger partial charge in [0.25, 0.3) is 5.91 Å². The van der Waals surface area contributed by atoms with Gasteiger partial charge in [-0.2, -0.15) is 0 Å². The molecule has 0 fully saturated rings. The Labute approximate surface area is 177 Å². The van der Waals surface area contributed by atoms with Gasteiger partial charge in [0.1, 0.15) is 12.4 Å². The highest BCUT2D eigenvalue weighted by Gasteiger charge is 2.16. The van der Waals surface area contributed by atoms with Gasteiger partial charge in [-0.25, -0.2) is 0 Å². The van der Waals surface area contributed by atoms with Crippen LogP contribution in [-0.4, -0.2) is 30.3 Å². The number of anilines is 1. The van der Waals surface area contributed by atoms with E-state index < -0.39 is 0 Å². The van der Waals surface area contributed by atoms with E-state index in [1.165, 1.54) is 4.90 Å². The Morgan fingerprint density at radius 2 is 1.57 bits per heavy atom. The average molecular weight is 402 g/mol. The minimum atomic E-state index is -0.239. The van der Waals surface area contributed by atoms with E-state index in [0.29, 0.717) is 17.9 Å². The van der Waals surface area contributed by atoms with E-state index in [0.717, 1.165) is 22.4 Å². The smallest absolute Gasteiger partial charge is 0.254 e. The molecule has 0 aliphatic carbocycles. The number of hydrogen-bond acceptors (Lipinski definition) is 3. The molecule has 0 aromatic heterocycles. The van der Waals surface area contributed by atoms with Crippen LogP contribution in [0.1, 0.15) is 27.0 Å². The third-order valence-electron chi connectivity index (χ3n) is 4.80. The molecule has 0 aliphatic rings. The molecule has 0 spiro atoms. The van der Waals surface area contributed by atoms with Crippen LogP contribution in [-0.2, 0) is 11.4 Å². The first kappa shape index (κ1) is 21.1. The van der Waals surface area contributed by atoms with Crippen molar-refractivity contribution in [3.05, 3.63) is 95.1 Å². The zero-order valence-corrected chi connectivity index (χ0v) is 17.5. The van der Waals surface area contributed by atoms with Crippen molar-refractivity contribution in [3.63, 3.8) is 0 Å². The van der Waals surface area contributed by atoms with Gasteiger partial charge in [0, 0.05) is 18.3 Å². The van der Waals surface area contributed by atoms with Gasteiger partial charge in [0.15, 0.2) is 0 Å². The van der Waals surface area contributed by atoms with Crippen molar-refractivity contribution in [2.24, 2.45) is 0 Å². The Morgan fingerprint density at radius 3 is 2.27 bits per heavy atom. The van der Waals surface area contributed by atoms with Crippen LogP contribution in [0.5, 0.6) is 5.75 Å². The number of hydrogen-bond donors (Lipinski definition) is 1. The quantitative estimate of drug-likeness (QED) is 0.629. The largest absolute Gasteiger partial charge is 0.489 e. The molecule has 3 aromatic carbocycles. The maximum absolute atomic E-state index is 12.8. The zero-order valence-electron chi connectivity index (χ0n) is 17.5. The summed E-state index contributed by atoms with van der Waals surface area (Å²) < 4.78 is 5.80. The summed E-state index contributed by atoms with van der Waals surface area (Å²) in [7, 11) is 1.62. The van der Waals surface area contributed by atoms with Crippen LogP contribution < -0.4 is 10.1 Å². The Kier molecular flexibility index (Phi) is 6.86. The van der Waals surface area contributed by atoms with Crippen LogP contribution in [0.2, 0.25) is 0 Å². The van der Waals surface area contributed by atoms with Crippen LogP contribution in [0.15, 0.2) is 72.8 Å². The summed E-state index contributed by atoms with van der Waals surface area (Å²) in [4.78, 5) is 26.6. The predicted molar refractivity (Wildman–Crippen MR) is 119 cm³/mol. The van der Waals surface area contributed by atoms with Crippen molar-refractivity contribution in [2.75, 3.05) is 18.9 Å². The van der Waals surface area contributed by atoms with E-state index in [4.69, 9.17) is 4.74 Å². The van der Waals surface area contributed by atoms with E-state index in [1.807, 2.05) is 68.4 Å². The summed E-state index contributed by atoms with van der Waals surface area (Å²) in [5, 5.41) is 2.91. The van der Waals surface area contributed by atoms with E-state index in [2.05, 4.69) is 5.32 Å². The molecule has 5 nitrogen and oxygen atoms in total. The number of amides is 2. The number of aryl methyl sites for hydroxylation is 2. The first-order valence-electron chi connectivity index (χ1n) is 9.82. The molecule has 3 aromatic rings. The molecular formula is C25H26N2O3. The van der Waals surface area contributed by atoms with Gasteiger partial charge in [-0.1, -0.05) is 54.6 Å². The van der Waals surface area contributed by atoms with Gasteiger partial charge < -0.3 is 15.0 Å². The lowest BCUT2D eigenvalue weighted by atomic mass is 10.1. The number of ether oxygens (including phenoxy) is 1. The second-order valence-corrected chi connectivity index (χ2v) is 7.28. The van der Waals surface area contributed by atoms with Crippen molar-refractivity contribution < 1.29 is 14.3 Å². The summed E-state index contributed by atoms with van der Waals surface area (Å²) >= 11 is 0. The third kappa shape index (κ3) is 5.47. The zero-order chi connectivity index (χ0) is 21.5. The fraction of sp³-hybridized carbons (Fsp3) is 0.200. The number of rotatable bonds is 7. The number of para-hydroxylation sites is 1. The molecule has 1 N–H and O–H groups in total. The van der Waals surface area contributed by atoms with Crippen molar-refractivity contribution in [3.8, 4) is 5.75 Å². The van der Waals surface area contributed by atoms with Gasteiger partial charge in [0.05, 0.1) is 6.54 Å². The third-order valence-corrected chi connectivity index (χ3v) is 4.80. The van der Waals surface area contributed by atoms with E-state index in [1.54, 1.807) is 25.2 Å². The Balaban J connectivity index is 1.60. The van der Waals surface area contributed by atoms with Gasteiger partial charge >= 0.3 is 0 Å². The number of nitrogens with one attached hydrogen (secondary N) is 1. The molecule has 0 bridgehead atoms. The molecule has 0 atom stereocenters. The molecule has 0 radical (unpaired) electrons. The Hall–Kier alpha value is -3.60. The number of carbonyl (C=O) groups is 2. The molecule has 5 heteroatoms. The van der Waals surface area contributed by atoms with Crippen LogP contribution >= 0.6 is 0 Å². The second kappa shape index (κ2) is 9.74. The average Bonchev–Trinajstić information content (AvgIpc) is 2.75. The fourth-order valence-corrected chi connectivity index (χ4v) is 3.16. The Morgan fingerprint density at radius 1 is 0.900 bits per heavy atom. The van der Waals surface area contributed by atoms with Crippen LogP contribution in [0.3, 0.4) is 0 Å². The summed E-state index contributed by atoms with van der Waals surface area (Å²) in [6.45, 7) is 4.27. The highest BCUT2D eigenvalue weighted by Crippen LogP contribution is 2.20. The second-order valence-electron chi connectivity index (χ2n) is 7.28. The molecule has 0 aliphatic heterocycles. The lowest BCUT2D eigenvalue weighted by Gasteiger charge is -2.18. The number of benzene rings is 3. The molecular weight excluding hydrogens is 376 g/mol. The van der Waals surface area contributed by atoms with Crippen LogP contribution in [0, 0.1) is 13.8 Å². The summed E-state index contributed by atoms with van der Waals surface area (Å²) in [6.07, 6.45) is 0. The molecule has 2 amide bonds.